The number of piperidine rings is 1. The Morgan fingerprint density at radius 1 is 1.05 bits per heavy atom. The summed E-state index contributed by atoms with van der Waals surface area (Å²) in [6.07, 6.45) is 5.03. The Morgan fingerprint density at radius 2 is 1.69 bits per heavy atom. The number of amides is 2. The van der Waals surface area contributed by atoms with Gasteiger partial charge >= 0.3 is 0 Å². The molecular weight excluding hydrogens is 563 g/mol. The van der Waals surface area contributed by atoms with Crippen LogP contribution in [0.5, 0.6) is 0 Å². The molecule has 10 nitrogen and oxygen atoms in total. The highest BCUT2D eigenvalue weighted by atomic mass is 35.5. The molecule has 2 aromatic carbocycles. The minimum Gasteiger partial charge on any atom is -0.371 e. The van der Waals surface area contributed by atoms with Crippen LogP contribution in [0.2, 0.25) is 5.02 Å². The van der Waals surface area contributed by atoms with E-state index >= 15 is 0 Å². The van der Waals surface area contributed by atoms with E-state index in [1.807, 2.05) is 12.1 Å². The number of carbonyl (C=O) groups excluding carboxylic acids is 2. The summed E-state index contributed by atoms with van der Waals surface area (Å²) in [5.41, 5.74) is 6.80. The third kappa shape index (κ3) is 5.82. The predicted molar refractivity (Wildman–Crippen MR) is 152 cm³/mol. The predicted octanol–water partition coefficient (Wildman–Crippen LogP) is 2.51. The van der Waals surface area contributed by atoms with Crippen molar-refractivity contribution in [3.05, 3.63) is 65.9 Å². The number of hydrazine groups is 1. The number of hydrogen-bond donors (Lipinski definition) is 1. The molecule has 2 fully saturated rings. The van der Waals surface area contributed by atoms with Gasteiger partial charge in [0.05, 0.1) is 11.4 Å². The van der Waals surface area contributed by atoms with Gasteiger partial charge in [-0.25, -0.2) is 13.4 Å². The molecule has 208 valence electrons. The minimum atomic E-state index is -4.06. The lowest BCUT2D eigenvalue weighted by molar-refractivity contribution is -0.169. The molecule has 0 bridgehead atoms. The average Bonchev–Trinajstić information content (AvgIpc) is 2.92. The number of nitrogens with two attached hydrogens (primary N) is 1. The minimum absolute atomic E-state index is 0. The topological polar surface area (TPSA) is 120 Å². The monoisotopic (exact) mass is 592 g/mol. The zero-order valence-corrected chi connectivity index (χ0v) is 23.7. The Kier molecular flexibility index (Phi) is 8.67. The van der Waals surface area contributed by atoms with Crippen molar-refractivity contribution >= 4 is 62.3 Å². The summed E-state index contributed by atoms with van der Waals surface area (Å²) < 4.78 is 28.1. The maximum absolute atomic E-state index is 13.5. The number of anilines is 1. The summed E-state index contributed by atoms with van der Waals surface area (Å²) in [5.74, 6) is -1.25. The first-order valence-electron chi connectivity index (χ1n) is 12.3. The van der Waals surface area contributed by atoms with Gasteiger partial charge in [0.15, 0.2) is 0 Å². The SMILES string of the molecule is CN(C1CCN(c2ccncc2)CC1)N1C(=O)CN(S(=O)(=O)c2ccc3cc(Cl)ccc3c2)CC1C(N)=O.Cl. The number of carbonyl (C=O) groups is 2. The smallest absolute Gasteiger partial charge is 0.252 e. The van der Waals surface area contributed by atoms with Crippen molar-refractivity contribution in [3.8, 4) is 0 Å². The third-order valence-electron chi connectivity index (χ3n) is 7.34. The van der Waals surface area contributed by atoms with Gasteiger partial charge in [0.2, 0.25) is 15.9 Å². The first kappa shape index (κ1) is 29.0. The summed E-state index contributed by atoms with van der Waals surface area (Å²) in [4.78, 5) is 32.2. The molecule has 1 aromatic heterocycles. The number of aromatic nitrogens is 1. The number of pyridine rings is 1. The molecule has 3 heterocycles. The van der Waals surface area contributed by atoms with Crippen molar-refractivity contribution in [2.24, 2.45) is 5.73 Å². The van der Waals surface area contributed by atoms with Crippen LogP contribution in [-0.4, -0.2) is 84.8 Å². The van der Waals surface area contributed by atoms with E-state index in [-0.39, 0.29) is 36.4 Å². The van der Waals surface area contributed by atoms with E-state index in [1.165, 1.54) is 11.1 Å². The fourth-order valence-electron chi connectivity index (χ4n) is 5.25. The van der Waals surface area contributed by atoms with E-state index < -0.39 is 27.9 Å². The van der Waals surface area contributed by atoms with Gasteiger partial charge in [-0.2, -0.15) is 4.31 Å². The molecule has 13 heteroatoms. The van der Waals surface area contributed by atoms with Crippen molar-refractivity contribution < 1.29 is 18.0 Å². The highest BCUT2D eigenvalue weighted by Gasteiger charge is 2.44. The zero-order chi connectivity index (χ0) is 27.0. The number of primary amides is 1. The van der Waals surface area contributed by atoms with Crippen LogP contribution in [0.25, 0.3) is 10.8 Å². The number of halogens is 2. The lowest BCUT2D eigenvalue weighted by Gasteiger charge is -2.47. The van der Waals surface area contributed by atoms with Crippen LogP contribution >= 0.6 is 24.0 Å². The van der Waals surface area contributed by atoms with Crippen molar-refractivity contribution in [1.29, 1.82) is 0 Å². The van der Waals surface area contributed by atoms with Gasteiger partial charge in [-0.05, 0) is 60.0 Å². The van der Waals surface area contributed by atoms with Crippen molar-refractivity contribution in [1.82, 2.24) is 19.3 Å². The second kappa shape index (κ2) is 11.6. The molecule has 0 saturated carbocycles. The first-order valence-corrected chi connectivity index (χ1v) is 14.2. The van der Waals surface area contributed by atoms with Crippen LogP contribution in [0, 0.1) is 0 Å². The molecule has 1 unspecified atom stereocenters. The van der Waals surface area contributed by atoms with E-state index in [9.17, 15) is 18.0 Å². The highest BCUT2D eigenvalue weighted by molar-refractivity contribution is 7.89. The van der Waals surface area contributed by atoms with E-state index in [4.69, 9.17) is 17.3 Å². The molecule has 0 aliphatic carbocycles. The molecule has 39 heavy (non-hydrogen) atoms. The van der Waals surface area contributed by atoms with Gasteiger partial charge < -0.3 is 10.6 Å². The molecule has 0 spiro atoms. The number of rotatable bonds is 6. The maximum Gasteiger partial charge on any atom is 0.252 e. The quantitative estimate of drug-likeness (QED) is 0.467. The van der Waals surface area contributed by atoms with Crippen LogP contribution in [0.4, 0.5) is 5.69 Å². The van der Waals surface area contributed by atoms with E-state index in [2.05, 4.69) is 9.88 Å². The Labute approximate surface area is 238 Å². The summed E-state index contributed by atoms with van der Waals surface area (Å²) in [7, 11) is -2.30. The second-order valence-corrected chi connectivity index (χ2v) is 12.0. The Hall–Kier alpha value is -2.96. The van der Waals surface area contributed by atoms with Crippen LogP contribution in [0.15, 0.2) is 65.8 Å². The average molecular weight is 594 g/mol. The highest BCUT2D eigenvalue weighted by Crippen LogP contribution is 2.28. The molecule has 2 N–H and O–H groups in total. The van der Waals surface area contributed by atoms with Gasteiger partial charge in [0.25, 0.3) is 5.91 Å². The Morgan fingerprint density at radius 3 is 2.36 bits per heavy atom. The lowest BCUT2D eigenvalue weighted by atomic mass is 10.0. The first-order chi connectivity index (χ1) is 18.1. The Balaban J connectivity index is 0.00000353. The summed E-state index contributed by atoms with van der Waals surface area (Å²) in [6.45, 7) is 0.944. The fraction of sp³-hybridized carbons (Fsp3) is 0.346. The van der Waals surface area contributed by atoms with Crippen molar-refractivity contribution in [2.45, 2.75) is 29.8 Å². The molecule has 2 saturated heterocycles. The standard InChI is InChI=1S/C26H29ClN6O4S.ClH/c1-30(21-8-12-31(13-9-21)22-6-10-29-11-7-22)33-24(26(28)35)16-32(17-25(33)34)38(36,37)23-5-3-18-14-20(27)4-2-19(18)15-23;/h2-7,10-11,14-15,21,24H,8-9,12-13,16-17H2,1H3,(H2,28,35);1H. The van der Waals surface area contributed by atoms with Crippen molar-refractivity contribution in [3.63, 3.8) is 0 Å². The molecular formula is C26H30Cl2N6O4S. The maximum atomic E-state index is 13.5. The number of sulfonamides is 1. The van der Waals surface area contributed by atoms with Gasteiger partial charge in [-0.3, -0.25) is 19.6 Å². The number of benzene rings is 2. The van der Waals surface area contributed by atoms with Crippen LogP contribution in [-0.2, 0) is 19.6 Å². The number of piperazine rings is 1. The fourth-order valence-corrected chi connectivity index (χ4v) is 6.87. The zero-order valence-electron chi connectivity index (χ0n) is 21.3. The molecule has 2 amide bonds. The largest absolute Gasteiger partial charge is 0.371 e. The molecule has 3 aromatic rings. The third-order valence-corrected chi connectivity index (χ3v) is 9.38. The normalized spacial score (nSPS) is 19.4. The van der Waals surface area contributed by atoms with Crippen molar-refractivity contribution in [2.75, 3.05) is 38.1 Å². The van der Waals surface area contributed by atoms with E-state index in [1.54, 1.807) is 54.8 Å². The number of fused-ring (bicyclic) bond motifs is 1. The van der Waals surface area contributed by atoms with E-state index in [0.29, 0.717) is 10.4 Å². The number of hydrogen-bond acceptors (Lipinski definition) is 7. The molecule has 2 aliphatic rings. The van der Waals surface area contributed by atoms with Crippen LogP contribution < -0.4 is 10.6 Å². The van der Waals surface area contributed by atoms with Crippen LogP contribution in [0.3, 0.4) is 0 Å². The molecule has 0 radical (unpaired) electrons. The van der Waals surface area contributed by atoms with Crippen LogP contribution in [0.1, 0.15) is 12.8 Å². The lowest BCUT2D eigenvalue weighted by Crippen LogP contribution is -2.67. The summed E-state index contributed by atoms with van der Waals surface area (Å²) in [5, 5.41) is 5.16. The van der Waals surface area contributed by atoms with E-state index in [0.717, 1.165) is 41.3 Å². The van der Waals surface area contributed by atoms with Gasteiger partial charge in [-0.1, -0.05) is 23.7 Å². The van der Waals surface area contributed by atoms with Gasteiger partial charge in [0, 0.05) is 55.8 Å². The molecule has 1 atom stereocenters. The van der Waals surface area contributed by atoms with Gasteiger partial charge in [-0.15, -0.1) is 12.4 Å². The van der Waals surface area contributed by atoms with Gasteiger partial charge in [0.1, 0.15) is 6.04 Å². The molecule has 2 aliphatic heterocycles. The summed E-state index contributed by atoms with van der Waals surface area (Å²) >= 11 is 6.04. The second-order valence-electron chi connectivity index (χ2n) is 9.60. The number of nitrogens with zero attached hydrogens (tertiary/aromatic N) is 5. The Bertz CT molecular complexity index is 1470. The summed E-state index contributed by atoms with van der Waals surface area (Å²) in [6, 6.07) is 12.7. The molecule has 5 rings (SSSR count).